The standard InChI is InChI=1S/C20H20FN3O2/c1-3-13(4-2)19-23-24-20(26-19)15-7-11-17(12-8-15)22-18(25)14-5-9-16(21)10-6-14/h5-13H,3-4H2,1-2H3,(H,22,25). The number of carbonyl (C=O) groups excluding carboxylic acids is 1. The molecule has 1 amide bonds. The van der Waals surface area contributed by atoms with E-state index in [-0.39, 0.29) is 17.6 Å². The van der Waals surface area contributed by atoms with Gasteiger partial charge >= 0.3 is 0 Å². The van der Waals surface area contributed by atoms with Gasteiger partial charge in [0.2, 0.25) is 11.8 Å². The summed E-state index contributed by atoms with van der Waals surface area (Å²) in [5, 5.41) is 11.0. The number of benzene rings is 2. The number of amides is 1. The van der Waals surface area contributed by atoms with Gasteiger partial charge < -0.3 is 9.73 Å². The Bertz CT molecular complexity index is 869. The Hall–Kier alpha value is -3.02. The molecule has 0 saturated carbocycles. The Morgan fingerprint density at radius 3 is 2.31 bits per heavy atom. The molecule has 1 N–H and O–H groups in total. The van der Waals surface area contributed by atoms with Crippen molar-refractivity contribution in [1.82, 2.24) is 10.2 Å². The van der Waals surface area contributed by atoms with Crippen molar-refractivity contribution in [2.45, 2.75) is 32.6 Å². The first-order valence-electron chi connectivity index (χ1n) is 8.61. The van der Waals surface area contributed by atoms with Gasteiger partial charge in [-0.3, -0.25) is 4.79 Å². The fraction of sp³-hybridized carbons (Fsp3) is 0.250. The van der Waals surface area contributed by atoms with Gasteiger partial charge in [-0.25, -0.2) is 4.39 Å². The van der Waals surface area contributed by atoms with E-state index in [1.807, 2.05) is 12.1 Å². The molecule has 2 aromatic carbocycles. The molecule has 3 aromatic rings. The third kappa shape index (κ3) is 3.96. The van der Waals surface area contributed by atoms with Gasteiger partial charge in [0.15, 0.2) is 0 Å². The molecule has 1 heterocycles. The van der Waals surface area contributed by atoms with Crippen molar-refractivity contribution in [2.75, 3.05) is 5.32 Å². The number of anilines is 1. The summed E-state index contributed by atoms with van der Waals surface area (Å²) in [5.74, 6) is 0.706. The lowest BCUT2D eigenvalue weighted by molar-refractivity contribution is 0.102. The second-order valence-corrected chi connectivity index (χ2v) is 6.00. The largest absolute Gasteiger partial charge is 0.420 e. The molecule has 5 nitrogen and oxygen atoms in total. The highest BCUT2D eigenvalue weighted by Gasteiger charge is 2.16. The predicted octanol–water partition coefficient (Wildman–Crippen LogP) is 5.03. The van der Waals surface area contributed by atoms with Crippen LogP contribution in [0.3, 0.4) is 0 Å². The maximum atomic E-state index is 12.9. The van der Waals surface area contributed by atoms with Crippen LogP contribution >= 0.6 is 0 Å². The van der Waals surface area contributed by atoms with Crippen molar-refractivity contribution in [3.8, 4) is 11.5 Å². The predicted molar refractivity (Wildman–Crippen MR) is 97.4 cm³/mol. The normalized spacial score (nSPS) is 10.9. The number of nitrogens with one attached hydrogen (secondary N) is 1. The van der Waals surface area contributed by atoms with Crippen molar-refractivity contribution in [1.29, 1.82) is 0 Å². The van der Waals surface area contributed by atoms with Crippen molar-refractivity contribution in [2.24, 2.45) is 0 Å². The van der Waals surface area contributed by atoms with Crippen molar-refractivity contribution >= 4 is 11.6 Å². The lowest BCUT2D eigenvalue weighted by Crippen LogP contribution is -2.11. The van der Waals surface area contributed by atoms with Gasteiger partial charge in [-0.05, 0) is 61.4 Å². The molecule has 0 unspecified atom stereocenters. The first kappa shape index (κ1) is 17.8. The maximum absolute atomic E-state index is 12.9. The summed E-state index contributed by atoms with van der Waals surface area (Å²) in [5.41, 5.74) is 1.81. The van der Waals surface area contributed by atoms with Crippen LogP contribution in [0.25, 0.3) is 11.5 Å². The molecule has 134 valence electrons. The monoisotopic (exact) mass is 353 g/mol. The van der Waals surface area contributed by atoms with E-state index >= 15 is 0 Å². The molecule has 0 spiro atoms. The number of halogens is 1. The van der Waals surface area contributed by atoms with E-state index in [1.54, 1.807) is 12.1 Å². The van der Waals surface area contributed by atoms with E-state index in [1.165, 1.54) is 24.3 Å². The SMILES string of the molecule is CCC(CC)c1nnc(-c2ccc(NC(=O)c3ccc(F)cc3)cc2)o1. The second kappa shape index (κ2) is 7.91. The van der Waals surface area contributed by atoms with Crippen LogP contribution in [0.15, 0.2) is 52.9 Å². The van der Waals surface area contributed by atoms with Gasteiger partial charge in [-0.15, -0.1) is 10.2 Å². The van der Waals surface area contributed by atoms with Crippen molar-refractivity contribution in [3.63, 3.8) is 0 Å². The van der Waals surface area contributed by atoms with Gasteiger partial charge in [-0.2, -0.15) is 0 Å². The molecule has 0 aliphatic heterocycles. The molecule has 0 fully saturated rings. The lowest BCUT2D eigenvalue weighted by Gasteiger charge is -2.06. The quantitative estimate of drug-likeness (QED) is 0.675. The summed E-state index contributed by atoms with van der Waals surface area (Å²) in [6, 6.07) is 12.5. The van der Waals surface area contributed by atoms with E-state index in [9.17, 15) is 9.18 Å². The summed E-state index contributed by atoms with van der Waals surface area (Å²) in [6.45, 7) is 4.19. The number of aromatic nitrogens is 2. The van der Waals surface area contributed by atoms with Crippen LogP contribution in [0.2, 0.25) is 0 Å². The van der Waals surface area contributed by atoms with Gasteiger partial charge in [0.1, 0.15) is 5.82 Å². The van der Waals surface area contributed by atoms with E-state index in [2.05, 4.69) is 29.4 Å². The summed E-state index contributed by atoms with van der Waals surface area (Å²) in [7, 11) is 0. The minimum absolute atomic E-state index is 0.269. The van der Waals surface area contributed by atoms with Crippen molar-refractivity contribution < 1.29 is 13.6 Å². The smallest absolute Gasteiger partial charge is 0.255 e. The number of hydrogen-bond donors (Lipinski definition) is 1. The average Bonchev–Trinajstić information content (AvgIpc) is 3.14. The number of hydrogen-bond acceptors (Lipinski definition) is 4. The van der Waals surface area contributed by atoms with E-state index in [0.29, 0.717) is 23.0 Å². The topological polar surface area (TPSA) is 68.0 Å². The summed E-state index contributed by atoms with van der Waals surface area (Å²) >= 11 is 0. The highest BCUT2D eigenvalue weighted by atomic mass is 19.1. The van der Waals surface area contributed by atoms with E-state index in [4.69, 9.17) is 4.42 Å². The minimum atomic E-state index is -0.377. The molecular formula is C20H20FN3O2. The zero-order valence-corrected chi connectivity index (χ0v) is 14.7. The number of nitrogens with zero attached hydrogens (tertiary/aromatic N) is 2. The highest BCUT2D eigenvalue weighted by molar-refractivity contribution is 6.04. The minimum Gasteiger partial charge on any atom is -0.420 e. The van der Waals surface area contributed by atoms with Crippen LogP contribution in [0.4, 0.5) is 10.1 Å². The Morgan fingerprint density at radius 1 is 1.04 bits per heavy atom. The molecule has 0 radical (unpaired) electrons. The molecule has 1 aromatic heterocycles. The molecule has 0 aliphatic carbocycles. The second-order valence-electron chi connectivity index (χ2n) is 6.00. The van der Waals surface area contributed by atoms with Crippen LogP contribution in [0.5, 0.6) is 0 Å². The molecule has 0 atom stereocenters. The fourth-order valence-electron chi connectivity index (χ4n) is 2.65. The Labute approximate surface area is 151 Å². The van der Waals surface area contributed by atoms with Gasteiger partial charge in [-0.1, -0.05) is 13.8 Å². The molecule has 0 aliphatic rings. The third-order valence-electron chi connectivity index (χ3n) is 4.27. The van der Waals surface area contributed by atoms with Crippen LogP contribution in [0, 0.1) is 5.82 Å². The Morgan fingerprint density at radius 2 is 1.69 bits per heavy atom. The third-order valence-corrected chi connectivity index (χ3v) is 4.27. The number of rotatable bonds is 6. The maximum Gasteiger partial charge on any atom is 0.255 e. The summed E-state index contributed by atoms with van der Waals surface area (Å²) in [4.78, 5) is 12.2. The molecule has 6 heteroatoms. The summed E-state index contributed by atoms with van der Waals surface area (Å²) < 4.78 is 18.7. The Kier molecular flexibility index (Phi) is 5.41. The zero-order valence-electron chi connectivity index (χ0n) is 14.7. The summed E-state index contributed by atoms with van der Waals surface area (Å²) in [6.07, 6.45) is 1.90. The Balaban J connectivity index is 1.70. The van der Waals surface area contributed by atoms with Gasteiger partial charge in [0.25, 0.3) is 5.91 Å². The van der Waals surface area contributed by atoms with E-state index < -0.39 is 0 Å². The van der Waals surface area contributed by atoms with Crippen LogP contribution in [0.1, 0.15) is 48.9 Å². The van der Waals surface area contributed by atoms with Crippen LogP contribution in [-0.2, 0) is 0 Å². The molecule has 0 bridgehead atoms. The fourth-order valence-corrected chi connectivity index (χ4v) is 2.65. The molecule has 0 saturated heterocycles. The van der Waals surface area contributed by atoms with Gasteiger partial charge in [0.05, 0.1) is 0 Å². The van der Waals surface area contributed by atoms with E-state index in [0.717, 1.165) is 18.4 Å². The zero-order chi connectivity index (χ0) is 18.5. The van der Waals surface area contributed by atoms with Crippen LogP contribution in [-0.4, -0.2) is 16.1 Å². The molecule has 3 rings (SSSR count). The van der Waals surface area contributed by atoms with Crippen molar-refractivity contribution in [3.05, 3.63) is 65.8 Å². The average molecular weight is 353 g/mol. The highest BCUT2D eigenvalue weighted by Crippen LogP contribution is 2.26. The first-order chi connectivity index (χ1) is 12.6. The first-order valence-corrected chi connectivity index (χ1v) is 8.61. The lowest BCUT2D eigenvalue weighted by atomic mass is 10.0. The molecule has 26 heavy (non-hydrogen) atoms. The van der Waals surface area contributed by atoms with Gasteiger partial charge in [0, 0.05) is 22.7 Å². The number of carbonyl (C=O) groups is 1. The van der Waals surface area contributed by atoms with Crippen LogP contribution < -0.4 is 5.32 Å². The molecular weight excluding hydrogens is 333 g/mol.